The molecule has 0 bridgehead atoms. The lowest BCUT2D eigenvalue weighted by atomic mass is 9.46. The van der Waals surface area contributed by atoms with Crippen LogP contribution in [0.1, 0.15) is 98.8 Å². The highest BCUT2D eigenvalue weighted by Crippen LogP contribution is 2.67. The lowest BCUT2D eigenvalue weighted by Gasteiger charge is -2.58. The summed E-state index contributed by atoms with van der Waals surface area (Å²) in [6, 6.07) is 0. The van der Waals surface area contributed by atoms with Gasteiger partial charge in [0, 0.05) is 6.42 Å². The Bertz CT molecular complexity index is 663. The smallest absolute Gasteiger partial charge is 0.155 e. The zero-order valence-corrected chi connectivity index (χ0v) is 19.5. The van der Waals surface area contributed by atoms with Gasteiger partial charge in [-0.1, -0.05) is 40.2 Å². The van der Waals surface area contributed by atoms with Gasteiger partial charge in [0.05, 0.1) is 6.10 Å². The van der Waals surface area contributed by atoms with E-state index in [1.54, 1.807) is 0 Å². The van der Waals surface area contributed by atoms with Crippen LogP contribution in [0.3, 0.4) is 0 Å². The molecule has 4 aliphatic rings. The maximum Gasteiger partial charge on any atom is 0.155 e. The third kappa shape index (κ3) is 3.56. The second kappa shape index (κ2) is 7.81. The molecule has 164 valence electrons. The average Bonchev–Trinajstić information content (AvgIpc) is 3.03. The van der Waals surface area contributed by atoms with Crippen LogP contribution in [-0.2, 0) is 4.79 Å². The molecule has 0 spiro atoms. The third-order valence-electron chi connectivity index (χ3n) is 10.3. The standard InChI is InChI=1S/C27H44O2/c1-17(2)6-11-25(29)18(3)22-9-10-23-21-8-7-19-16-20(28)12-14-26(19,4)24(21)13-15-27(22,23)5/h16-18,21-25,29H,6-15H2,1-5H3/t18-,21-,22+,23-,24-,25+,26-,27+/m0/s1. The van der Waals surface area contributed by atoms with Crippen molar-refractivity contribution in [2.45, 2.75) is 105 Å². The highest BCUT2D eigenvalue weighted by molar-refractivity contribution is 5.91. The molecule has 29 heavy (non-hydrogen) atoms. The van der Waals surface area contributed by atoms with E-state index in [0.29, 0.717) is 29.0 Å². The van der Waals surface area contributed by atoms with E-state index in [2.05, 4.69) is 34.6 Å². The molecule has 0 aromatic rings. The minimum Gasteiger partial charge on any atom is -0.393 e. The highest BCUT2D eigenvalue weighted by Gasteiger charge is 2.59. The van der Waals surface area contributed by atoms with Gasteiger partial charge < -0.3 is 5.11 Å². The van der Waals surface area contributed by atoms with Gasteiger partial charge in [-0.2, -0.15) is 0 Å². The second-order valence-corrected chi connectivity index (χ2v) is 12.1. The number of fused-ring (bicyclic) bond motifs is 5. The predicted octanol–water partition coefficient (Wildman–Crippen LogP) is 6.57. The molecule has 0 radical (unpaired) electrons. The Morgan fingerprint density at radius 2 is 1.76 bits per heavy atom. The fourth-order valence-electron chi connectivity index (χ4n) is 8.50. The number of allylic oxidation sites excluding steroid dienone is 1. The zero-order valence-electron chi connectivity index (χ0n) is 19.5. The first-order valence-electron chi connectivity index (χ1n) is 12.6. The number of hydrogen-bond donors (Lipinski definition) is 1. The first kappa shape index (κ1) is 21.6. The van der Waals surface area contributed by atoms with Gasteiger partial charge in [0.1, 0.15) is 0 Å². The normalized spacial score (nSPS) is 44.0. The molecule has 0 heterocycles. The highest BCUT2D eigenvalue weighted by atomic mass is 16.3. The molecule has 0 aromatic carbocycles. The summed E-state index contributed by atoms with van der Waals surface area (Å²) in [7, 11) is 0. The molecule has 4 rings (SSSR count). The summed E-state index contributed by atoms with van der Waals surface area (Å²) in [5.74, 6) is 4.55. The van der Waals surface area contributed by atoms with E-state index in [1.165, 1.54) is 37.7 Å². The summed E-state index contributed by atoms with van der Waals surface area (Å²) in [6.45, 7) is 11.9. The fraction of sp³-hybridized carbons (Fsp3) is 0.889. The van der Waals surface area contributed by atoms with Crippen LogP contribution in [0, 0.1) is 46.3 Å². The number of aliphatic hydroxyl groups excluding tert-OH is 1. The molecule has 4 aliphatic carbocycles. The predicted molar refractivity (Wildman–Crippen MR) is 119 cm³/mol. The van der Waals surface area contributed by atoms with Crippen molar-refractivity contribution in [3.05, 3.63) is 11.6 Å². The summed E-state index contributed by atoms with van der Waals surface area (Å²) in [5, 5.41) is 10.9. The lowest BCUT2D eigenvalue weighted by Crippen LogP contribution is -2.51. The van der Waals surface area contributed by atoms with E-state index in [1.807, 2.05) is 6.08 Å². The Morgan fingerprint density at radius 3 is 2.48 bits per heavy atom. The van der Waals surface area contributed by atoms with Crippen molar-refractivity contribution in [1.29, 1.82) is 0 Å². The van der Waals surface area contributed by atoms with Crippen LogP contribution < -0.4 is 0 Å². The van der Waals surface area contributed by atoms with Crippen molar-refractivity contribution in [3.8, 4) is 0 Å². The molecule has 0 saturated heterocycles. The van der Waals surface area contributed by atoms with Crippen LogP contribution >= 0.6 is 0 Å². The van der Waals surface area contributed by atoms with E-state index in [-0.39, 0.29) is 11.5 Å². The maximum absolute atomic E-state index is 12.0. The van der Waals surface area contributed by atoms with Crippen LogP contribution in [0.15, 0.2) is 11.6 Å². The minimum atomic E-state index is -0.140. The molecule has 3 saturated carbocycles. The molecule has 1 N–H and O–H groups in total. The van der Waals surface area contributed by atoms with E-state index in [4.69, 9.17) is 0 Å². The van der Waals surface area contributed by atoms with Crippen molar-refractivity contribution in [3.63, 3.8) is 0 Å². The van der Waals surface area contributed by atoms with Gasteiger partial charge in [-0.3, -0.25) is 4.79 Å². The molecule has 2 heteroatoms. The van der Waals surface area contributed by atoms with Gasteiger partial charge in [0.25, 0.3) is 0 Å². The Labute approximate surface area is 178 Å². The van der Waals surface area contributed by atoms with Gasteiger partial charge in [-0.05, 0) is 110 Å². The SMILES string of the molecule is CC(C)CC[C@@H](O)[C@@H](C)[C@H]1CC[C@H]2[C@@H]3CCC4=CC(=O)CC[C@]4(C)[C@H]3CC[C@]12C. The van der Waals surface area contributed by atoms with Crippen LogP contribution in [0.2, 0.25) is 0 Å². The summed E-state index contributed by atoms with van der Waals surface area (Å²) in [6.07, 6.45) is 13.6. The van der Waals surface area contributed by atoms with Crippen LogP contribution in [0.25, 0.3) is 0 Å². The van der Waals surface area contributed by atoms with E-state index >= 15 is 0 Å². The molecule has 0 amide bonds. The van der Waals surface area contributed by atoms with Gasteiger partial charge in [0.15, 0.2) is 5.78 Å². The number of carbonyl (C=O) groups excluding carboxylic acids is 1. The van der Waals surface area contributed by atoms with Gasteiger partial charge in [-0.15, -0.1) is 0 Å². The van der Waals surface area contributed by atoms with Crippen LogP contribution in [-0.4, -0.2) is 17.0 Å². The quantitative estimate of drug-likeness (QED) is 0.567. The monoisotopic (exact) mass is 400 g/mol. The zero-order chi connectivity index (χ0) is 21.0. The molecule has 8 atom stereocenters. The second-order valence-electron chi connectivity index (χ2n) is 12.1. The van der Waals surface area contributed by atoms with Crippen LogP contribution in [0.4, 0.5) is 0 Å². The summed E-state index contributed by atoms with van der Waals surface area (Å²) in [5.41, 5.74) is 2.16. The first-order valence-corrected chi connectivity index (χ1v) is 12.6. The Kier molecular flexibility index (Phi) is 5.82. The van der Waals surface area contributed by atoms with E-state index < -0.39 is 0 Å². The third-order valence-corrected chi connectivity index (χ3v) is 10.3. The van der Waals surface area contributed by atoms with Gasteiger partial charge >= 0.3 is 0 Å². The first-order chi connectivity index (χ1) is 13.7. The number of hydrogen-bond acceptors (Lipinski definition) is 2. The van der Waals surface area contributed by atoms with Crippen LogP contribution in [0.5, 0.6) is 0 Å². The minimum absolute atomic E-state index is 0.140. The molecule has 3 fully saturated rings. The Hall–Kier alpha value is -0.630. The van der Waals surface area contributed by atoms with Crippen molar-refractivity contribution >= 4 is 5.78 Å². The Balaban J connectivity index is 1.52. The van der Waals surface area contributed by atoms with E-state index in [9.17, 15) is 9.90 Å². The fourth-order valence-corrected chi connectivity index (χ4v) is 8.50. The number of carbonyl (C=O) groups is 1. The Morgan fingerprint density at radius 1 is 1.00 bits per heavy atom. The molecular formula is C27H44O2. The summed E-state index contributed by atoms with van der Waals surface area (Å²) in [4.78, 5) is 12.0. The summed E-state index contributed by atoms with van der Waals surface area (Å²) >= 11 is 0. The topological polar surface area (TPSA) is 37.3 Å². The van der Waals surface area contributed by atoms with Gasteiger partial charge in [-0.25, -0.2) is 0 Å². The van der Waals surface area contributed by atoms with Gasteiger partial charge in [0.2, 0.25) is 0 Å². The molecule has 0 aliphatic heterocycles. The average molecular weight is 401 g/mol. The molecule has 0 unspecified atom stereocenters. The number of ketones is 1. The number of aliphatic hydroxyl groups is 1. The van der Waals surface area contributed by atoms with Crippen molar-refractivity contribution in [1.82, 2.24) is 0 Å². The molecular weight excluding hydrogens is 356 g/mol. The number of rotatable bonds is 5. The summed E-state index contributed by atoms with van der Waals surface area (Å²) < 4.78 is 0. The molecule has 0 aromatic heterocycles. The van der Waals surface area contributed by atoms with Crippen molar-refractivity contribution in [2.24, 2.45) is 46.3 Å². The van der Waals surface area contributed by atoms with Crippen molar-refractivity contribution in [2.75, 3.05) is 0 Å². The van der Waals surface area contributed by atoms with E-state index in [0.717, 1.165) is 49.9 Å². The maximum atomic E-state index is 12.0. The molecule has 2 nitrogen and oxygen atoms in total. The van der Waals surface area contributed by atoms with Crippen molar-refractivity contribution < 1.29 is 9.90 Å². The lowest BCUT2D eigenvalue weighted by molar-refractivity contribution is -0.117. The largest absolute Gasteiger partial charge is 0.393 e.